The molecule has 2 fully saturated rings. The number of ether oxygens (including phenoxy) is 2. The maximum atomic E-state index is 13.7. The van der Waals surface area contributed by atoms with Gasteiger partial charge in [0.25, 0.3) is 0 Å². The van der Waals surface area contributed by atoms with Crippen molar-refractivity contribution in [3.05, 3.63) is 104 Å². The van der Waals surface area contributed by atoms with E-state index in [1.165, 1.54) is 0 Å². The van der Waals surface area contributed by atoms with Crippen molar-refractivity contribution >= 4 is 55.2 Å². The third-order valence-electron chi connectivity index (χ3n) is 12.7. The third-order valence-corrected chi connectivity index (χ3v) is 13.7. The first kappa shape index (κ1) is 52.4. The van der Waals surface area contributed by atoms with Gasteiger partial charge in [0.1, 0.15) is 23.4 Å². The van der Waals surface area contributed by atoms with E-state index in [2.05, 4.69) is 92.3 Å². The van der Waals surface area contributed by atoms with Gasteiger partial charge in [0.05, 0.1) is 29.2 Å². The van der Waals surface area contributed by atoms with E-state index in [1.807, 2.05) is 88.9 Å². The molecule has 2 saturated heterocycles. The summed E-state index contributed by atoms with van der Waals surface area (Å²) in [7, 11) is 3.26. The molecular weight excluding hydrogens is 974 g/mol. The van der Waals surface area contributed by atoms with Crippen LogP contribution in [0.1, 0.15) is 121 Å². The van der Waals surface area contributed by atoms with Crippen molar-refractivity contribution in [2.45, 2.75) is 124 Å². The number of amidine groups is 1. The number of likely N-dealkylation sites (tertiary alicyclic amines) is 2. The molecule has 0 aliphatic carbocycles. The molecule has 7 atom stereocenters. The van der Waals surface area contributed by atoms with E-state index in [0.717, 1.165) is 43.6 Å². The topological polar surface area (TPSA) is 191 Å². The number of hydrogen-bond acceptors (Lipinski definition) is 12. The smallest absolute Gasteiger partial charge is 0.234 e. The zero-order valence-electron chi connectivity index (χ0n) is 40.2. The summed E-state index contributed by atoms with van der Waals surface area (Å²) >= 11 is 6.86. The predicted octanol–water partition coefficient (Wildman–Crippen LogP) is 10.0. The normalized spacial score (nSPS) is 22.9. The van der Waals surface area contributed by atoms with Gasteiger partial charge >= 0.3 is 0 Å². The van der Waals surface area contributed by atoms with Gasteiger partial charge in [-0.15, -0.1) is 0 Å². The Hall–Kier alpha value is -4.58. The number of nitrogens with two attached hydrogens (primary N) is 1. The van der Waals surface area contributed by atoms with Gasteiger partial charge in [-0.2, -0.15) is 0 Å². The zero-order chi connectivity index (χ0) is 48.7. The molecule has 66 heavy (non-hydrogen) atoms. The van der Waals surface area contributed by atoms with Crippen molar-refractivity contribution in [2.75, 3.05) is 27.3 Å². The van der Waals surface area contributed by atoms with Crippen LogP contribution in [0.5, 0.6) is 0 Å². The van der Waals surface area contributed by atoms with E-state index in [1.54, 1.807) is 25.2 Å². The monoisotopic (exact) mass is 1040 g/mol. The summed E-state index contributed by atoms with van der Waals surface area (Å²) in [5.41, 5.74) is 9.80. The number of carbonyl (C=O) groups is 2. The highest BCUT2D eigenvalue weighted by molar-refractivity contribution is 9.10. The van der Waals surface area contributed by atoms with Crippen LogP contribution in [0.2, 0.25) is 0 Å². The fourth-order valence-corrected chi connectivity index (χ4v) is 9.44. The molecular formula is C49H67Br2N7O8. The van der Waals surface area contributed by atoms with Crippen molar-refractivity contribution in [1.29, 1.82) is 0 Å². The summed E-state index contributed by atoms with van der Waals surface area (Å²) < 4.78 is 23.4. The number of carbonyl (C=O) groups excluding carboxylic acids is 2. The number of methoxy groups -OCH3 is 2. The maximum Gasteiger partial charge on any atom is 0.234 e. The lowest BCUT2D eigenvalue weighted by Gasteiger charge is -2.30. The van der Waals surface area contributed by atoms with Crippen LogP contribution < -0.4 is 5.73 Å². The van der Waals surface area contributed by atoms with Crippen LogP contribution >= 0.6 is 31.9 Å². The molecule has 0 spiro atoms. The van der Waals surface area contributed by atoms with Gasteiger partial charge in [0.2, 0.25) is 11.8 Å². The van der Waals surface area contributed by atoms with Gasteiger partial charge in [0, 0.05) is 60.4 Å². The van der Waals surface area contributed by atoms with E-state index in [4.69, 9.17) is 34.3 Å². The average molecular weight is 1040 g/mol. The Balaban J connectivity index is 0.000000203. The van der Waals surface area contributed by atoms with Crippen molar-refractivity contribution in [3.63, 3.8) is 0 Å². The summed E-state index contributed by atoms with van der Waals surface area (Å²) in [4.78, 5) is 36.4. The van der Waals surface area contributed by atoms with Gasteiger partial charge in [-0.05, 0) is 94.0 Å². The van der Waals surface area contributed by atoms with Crippen LogP contribution in [0, 0.1) is 37.5 Å². The molecule has 2 aromatic carbocycles. The molecule has 0 radical (unpaired) electrons. The van der Waals surface area contributed by atoms with Gasteiger partial charge in [-0.1, -0.05) is 118 Å². The minimum Gasteiger partial charge on any atom is -0.409 e. The Labute approximate surface area is 406 Å². The molecule has 0 saturated carbocycles. The molecule has 15 nitrogen and oxygen atoms in total. The lowest BCUT2D eigenvalue weighted by atomic mass is 9.87. The highest BCUT2D eigenvalue weighted by atomic mass is 79.9. The second-order valence-corrected chi connectivity index (χ2v) is 20.7. The van der Waals surface area contributed by atoms with Crippen molar-refractivity contribution in [1.82, 2.24) is 20.1 Å². The zero-order valence-corrected chi connectivity index (χ0v) is 43.4. The predicted molar refractivity (Wildman–Crippen MR) is 260 cm³/mol. The number of aromatic nitrogens is 2. The van der Waals surface area contributed by atoms with Crippen LogP contribution in [-0.4, -0.2) is 88.1 Å². The minimum atomic E-state index is -0.652. The van der Waals surface area contributed by atoms with Crippen LogP contribution in [-0.2, 0) is 35.3 Å². The Morgan fingerprint density at radius 2 is 1.30 bits per heavy atom. The standard InChI is InChI=1S/C24H30BrN3O3.C15H24N4O3.C10H13BrO2/c1-14(2)22(21-11-16(4)26-30-21)23(29)28-13-15(3)10-20(28)19-12-24(5,31-27-19)17-6-8-18(25)9-7-17;1-8(2)13(12-6-10(4)18-22-12)15(20)19-7-9(3)5-11(19)14(16)17-21;1-10(12-2,13-3)8-4-6-9(11)7-5-8/h6-9,11,14-15,20,22H,10,12-13H2,1-5H3;6,8-9,11,13,21H,5,7H2,1-4H3,(H2,16,17);4-7H,1-3H3/t15-,20+,22?,24?;9-,11+,13?;/m11./s1. The molecule has 2 aromatic heterocycles. The van der Waals surface area contributed by atoms with E-state index in [9.17, 15) is 9.59 Å². The van der Waals surface area contributed by atoms with Crippen LogP contribution in [0.4, 0.5) is 0 Å². The molecule has 7 rings (SSSR count). The quantitative estimate of drug-likeness (QED) is 0.0451. The molecule has 3 N–H and O–H groups in total. The van der Waals surface area contributed by atoms with Gasteiger partial charge < -0.3 is 44.1 Å². The molecule has 3 aliphatic rings. The Morgan fingerprint density at radius 3 is 1.76 bits per heavy atom. The minimum absolute atomic E-state index is 0.0509. The lowest BCUT2D eigenvalue weighted by Crippen LogP contribution is -2.46. The molecule has 17 heteroatoms. The summed E-state index contributed by atoms with van der Waals surface area (Å²) in [6.07, 6.45) is 2.26. The largest absolute Gasteiger partial charge is 0.409 e. The SMILES string of the molecule is COC(C)(OC)c1ccc(Br)cc1.Cc1cc(C(C(=O)N2C[C@H](C)C[C@H]2/C(N)=N/O)C(C)C)on1.Cc1cc(C(C(=O)N2C[C@H](C)C[C@H]2C2=NOC(C)(c3ccc(Br)cc3)C2)C(C)C)on1. The molecule has 3 aliphatic heterocycles. The Bertz CT molecular complexity index is 2290. The average Bonchev–Trinajstić information content (AvgIpc) is 4.14. The number of rotatable bonds is 12. The van der Waals surface area contributed by atoms with Crippen molar-refractivity contribution in [3.8, 4) is 0 Å². The third kappa shape index (κ3) is 12.3. The van der Waals surface area contributed by atoms with E-state index < -0.39 is 17.3 Å². The first-order chi connectivity index (χ1) is 31.1. The van der Waals surface area contributed by atoms with Crippen LogP contribution in [0.25, 0.3) is 0 Å². The summed E-state index contributed by atoms with van der Waals surface area (Å²) in [6.45, 7) is 21.2. The second kappa shape index (κ2) is 22.5. The fourth-order valence-electron chi connectivity index (χ4n) is 8.91. The Kier molecular flexibility index (Phi) is 17.8. The number of aryl methyl sites for hydroxylation is 2. The van der Waals surface area contributed by atoms with E-state index in [-0.39, 0.29) is 47.5 Å². The molecule has 3 unspecified atom stereocenters. The van der Waals surface area contributed by atoms with Gasteiger partial charge in [-0.3, -0.25) is 9.59 Å². The highest BCUT2D eigenvalue weighted by Crippen LogP contribution is 2.40. The molecule has 0 bridgehead atoms. The number of benzene rings is 2. The summed E-state index contributed by atoms with van der Waals surface area (Å²) in [5, 5.41) is 24.4. The number of hydrogen-bond donors (Lipinski definition) is 2. The van der Waals surface area contributed by atoms with Crippen LogP contribution in [0.3, 0.4) is 0 Å². The first-order valence-electron chi connectivity index (χ1n) is 22.5. The fraction of sp³-hybridized carbons (Fsp3) is 0.551. The second-order valence-electron chi connectivity index (χ2n) is 18.9. The number of oxime groups is 2. The summed E-state index contributed by atoms with van der Waals surface area (Å²) in [6, 6.07) is 19.3. The molecule has 360 valence electrons. The molecule has 2 amide bonds. The van der Waals surface area contributed by atoms with Gasteiger partial charge in [-0.25, -0.2) is 0 Å². The summed E-state index contributed by atoms with van der Waals surface area (Å²) in [5.74, 6) is 0.752. The lowest BCUT2D eigenvalue weighted by molar-refractivity contribution is -0.201. The van der Waals surface area contributed by atoms with Crippen molar-refractivity contribution in [2.24, 2.45) is 39.7 Å². The van der Waals surface area contributed by atoms with E-state index >= 15 is 0 Å². The molecule has 5 heterocycles. The first-order valence-corrected chi connectivity index (χ1v) is 24.1. The Morgan fingerprint density at radius 1 is 0.833 bits per heavy atom. The van der Waals surface area contributed by atoms with Crippen molar-refractivity contribution < 1.29 is 38.2 Å². The molecule has 4 aromatic rings. The maximum absolute atomic E-state index is 13.7. The number of halogens is 2. The number of nitrogens with zero attached hydrogens (tertiary/aromatic N) is 6. The number of amides is 2. The van der Waals surface area contributed by atoms with E-state index in [0.29, 0.717) is 49.3 Å². The van der Waals surface area contributed by atoms with Gasteiger partial charge in [0.15, 0.2) is 17.2 Å². The van der Waals surface area contributed by atoms with Crippen LogP contribution in [0.15, 0.2) is 89.0 Å². The highest BCUT2D eigenvalue weighted by Gasteiger charge is 2.46.